The first-order valence-corrected chi connectivity index (χ1v) is 11.3. The second-order valence-electron chi connectivity index (χ2n) is 8.39. The molecule has 152 valence electrons. The van der Waals surface area contributed by atoms with Crippen LogP contribution in [0.25, 0.3) is 16.7 Å². The lowest BCUT2D eigenvalue weighted by molar-refractivity contribution is -0.114. The maximum absolute atomic E-state index is 13.3. The molecule has 2 bridgehead atoms. The summed E-state index contributed by atoms with van der Waals surface area (Å²) in [7, 11) is 0. The van der Waals surface area contributed by atoms with Gasteiger partial charge in [0, 0.05) is 28.5 Å². The van der Waals surface area contributed by atoms with Crippen molar-refractivity contribution in [1.82, 2.24) is 0 Å². The van der Waals surface area contributed by atoms with Gasteiger partial charge in [0.15, 0.2) is 5.78 Å². The molecule has 29 heavy (non-hydrogen) atoms. The van der Waals surface area contributed by atoms with Crippen LogP contribution in [0.5, 0.6) is 0 Å². The van der Waals surface area contributed by atoms with E-state index in [1.807, 2.05) is 30.3 Å². The van der Waals surface area contributed by atoms with Crippen LogP contribution in [-0.2, 0) is 11.2 Å². The summed E-state index contributed by atoms with van der Waals surface area (Å²) in [6.45, 7) is 2.08. The van der Waals surface area contributed by atoms with Crippen LogP contribution in [0, 0.1) is 11.8 Å². The maximum Gasteiger partial charge on any atom is 0.167 e. The fraction of sp³-hybridized carbons (Fsp3) is 0.400. The molecule has 2 nitrogen and oxygen atoms in total. The van der Waals surface area contributed by atoms with E-state index >= 15 is 0 Å². The summed E-state index contributed by atoms with van der Waals surface area (Å²) in [6, 6.07) is 11.5. The van der Waals surface area contributed by atoms with E-state index in [1.165, 1.54) is 0 Å². The summed E-state index contributed by atoms with van der Waals surface area (Å²) in [5.74, 6) is 1.26. The number of rotatable bonds is 3. The molecule has 0 aliphatic heterocycles. The van der Waals surface area contributed by atoms with Gasteiger partial charge in [0.25, 0.3) is 0 Å². The van der Waals surface area contributed by atoms with Crippen LogP contribution in [0.1, 0.15) is 56.6 Å². The fourth-order valence-electron chi connectivity index (χ4n) is 4.85. The van der Waals surface area contributed by atoms with Crippen molar-refractivity contribution in [2.75, 3.05) is 0 Å². The van der Waals surface area contributed by atoms with Gasteiger partial charge in [0.2, 0.25) is 0 Å². The molecule has 1 fully saturated rings. The van der Waals surface area contributed by atoms with Crippen molar-refractivity contribution >= 4 is 34.6 Å². The lowest BCUT2D eigenvalue weighted by Gasteiger charge is -2.26. The Kier molecular flexibility index (Phi) is 6.03. The minimum Gasteiger partial charge on any atom is -0.512 e. The van der Waals surface area contributed by atoms with Gasteiger partial charge in [0.1, 0.15) is 5.76 Å². The molecule has 5 rings (SSSR count). The Hall–Kier alpha value is -1.77. The number of aryl methyl sites for hydroxylation is 1. The predicted molar refractivity (Wildman–Crippen MR) is 121 cm³/mol. The molecule has 3 aliphatic rings. The predicted octanol–water partition coefficient (Wildman–Crippen LogP) is 7.66. The van der Waals surface area contributed by atoms with Gasteiger partial charge in [-0.25, -0.2) is 0 Å². The molecule has 2 aromatic carbocycles. The molecule has 0 saturated heterocycles. The minimum absolute atomic E-state index is 0.0732. The van der Waals surface area contributed by atoms with Crippen molar-refractivity contribution in [3.63, 3.8) is 0 Å². The number of allylic oxidation sites excluding steroid dienone is 2. The molecule has 4 heteroatoms. The van der Waals surface area contributed by atoms with Gasteiger partial charge in [-0.15, -0.1) is 0 Å². The van der Waals surface area contributed by atoms with Crippen molar-refractivity contribution in [2.45, 2.75) is 51.9 Å². The highest BCUT2D eigenvalue weighted by Crippen LogP contribution is 2.41. The number of carbonyl (C=O) groups is 1. The average Bonchev–Trinajstić information content (AvgIpc) is 2.78. The molecule has 0 radical (unpaired) electrons. The third kappa shape index (κ3) is 4.25. The van der Waals surface area contributed by atoms with Crippen molar-refractivity contribution in [3.8, 4) is 11.1 Å². The molecular formula is C25H26Cl2O2. The van der Waals surface area contributed by atoms with E-state index in [0.717, 1.165) is 54.4 Å². The van der Waals surface area contributed by atoms with Gasteiger partial charge in [0.05, 0.1) is 5.57 Å². The van der Waals surface area contributed by atoms with E-state index in [9.17, 15) is 9.90 Å². The van der Waals surface area contributed by atoms with Crippen LogP contribution >= 0.6 is 23.2 Å². The Labute approximate surface area is 182 Å². The minimum atomic E-state index is 0.0732. The summed E-state index contributed by atoms with van der Waals surface area (Å²) >= 11 is 12.5. The lowest BCUT2D eigenvalue weighted by atomic mass is 9.79. The number of aliphatic hydroxyl groups is 1. The first-order valence-electron chi connectivity index (χ1n) is 10.5. The molecule has 0 spiro atoms. The van der Waals surface area contributed by atoms with Gasteiger partial charge in [-0.05, 0) is 78.8 Å². The number of ketones is 1. The monoisotopic (exact) mass is 428 g/mol. The molecule has 2 aromatic rings. The second kappa shape index (κ2) is 8.53. The number of hydrogen-bond donors (Lipinski definition) is 1. The Bertz CT molecular complexity index is 969. The molecule has 0 amide bonds. The van der Waals surface area contributed by atoms with E-state index < -0.39 is 0 Å². The van der Waals surface area contributed by atoms with E-state index in [1.54, 1.807) is 6.07 Å². The zero-order chi connectivity index (χ0) is 20.5. The number of aliphatic hydroxyl groups excluding tert-OH is 1. The number of fused-ring (bicyclic) bond motifs is 5. The molecule has 0 heterocycles. The molecule has 1 N–H and O–H groups in total. The Balaban J connectivity index is 1.84. The molecule has 1 saturated carbocycles. The highest BCUT2D eigenvalue weighted by Gasteiger charge is 2.31. The summed E-state index contributed by atoms with van der Waals surface area (Å²) in [5, 5.41) is 12.2. The van der Waals surface area contributed by atoms with Crippen LogP contribution in [0.4, 0.5) is 0 Å². The number of halogens is 2. The highest BCUT2D eigenvalue weighted by molar-refractivity contribution is 6.36. The van der Waals surface area contributed by atoms with Gasteiger partial charge >= 0.3 is 0 Å². The number of carbonyl (C=O) groups excluding carboxylic acids is 1. The van der Waals surface area contributed by atoms with Crippen molar-refractivity contribution in [3.05, 3.63) is 63.3 Å². The maximum atomic E-state index is 13.3. The van der Waals surface area contributed by atoms with Gasteiger partial charge in [-0.3, -0.25) is 4.79 Å². The topological polar surface area (TPSA) is 37.3 Å². The van der Waals surface area contributed by atoms with Gasteiger partial charge in [-0.1, -0.05) is 48.3 Å². The SMILES string of the molecule is CCc1ccc(-c2ccc(Cl)cc2Cl)cc1/C1=C(\O)CC2CCC(CC2)CC1=O. The van der Waals surface area contributed by atoms with Gasteiger partial charge in [-0.2, -0.15) is 0 Å². The third-order valence-corrected chi connectivity index (χ3v) is 7.04. The zero-order valence-corrected chi connectivity index (χ0v) is 18.2. The molecule has 0 aromatic heterocycles. The highest BCUT2D eigenvalue weighted by atomic mass is 35.5. The third-order valence-electron chi connectivity index (χ3n) is 6.49. The summed E-state index contributed by atoms with van der Waals surface area (Å²) in [4.78, 5) is 13.3. The van der Waals surface area contributed by atoms with Crippen molar-refractivity contribution < 1.29 is 9.90 Å². The smallest absolute Gasteiger partial charge is 0.167 e. The van der Waals surface area contributed by atoms with Crippen LogP contribution in [0.2, 0.25) is 10.0 Å². The zero-order valence-electron chi connectivity index (χ0n) is 16.7. The van der Waals surface area contributed by atoms with Crippen molar-refractivity contribution in [2.24, 2.45) is 11.8 Å². The molecular weight excluding hydrogens is 403 g/mol. The van der Waals surface area contributed by atoms with Gasteiger partial charge < -0.3 is 5.11 Å². The Morgan fingerprint density at radius 1 is 0.931 bits per heavy atom. The summed E-state index contributed by atoms with van der Waals surface area (Å²) in [6.07, 6.45) is 6.33. The largest absolute Gasteiger partial charge is 0.512 e. The quantitative estimate of drug-likeness (QED) is 0.544. The average molecular weight is 429 g/mol. The lowest BCUT2D eigenvalue weighted by Crippen LogP contribution is -2.15. The number of benzene rings is 2. The normalized spacial score (nSPS) is 24.9. The van der Waals surface area contributed by atoms with E-state index in [2.05, 4.69) is 6.92 Å². The number of hydrogen-bond acceptors (Lipinski definition) is 2. The standard InChI is InChI=1S/C25H26Cl2O2/c1-2-17-7-8-18(20-10-9-19(26)14-22(20)27)13-21(17)25-23(28)11-15-3-4-16(6-5-15)12-24(25)29/h7-10,13-16,28H,2-6,11-12H2,1H3/b25-23+. The van der Waals surface area contributed by atoms with E-state index in [-0.39, 0.29) is 11.5 Å². The first kappa shape index (κ1) is 20.5. The number of Topliss-reactive ketones (excluding diaryl/α,β-unsaturated/α-hetero) is 1. The molecule has 0 unspecified atom stereocenters. The molecule has 0 atom stereocenters. The van der Waals surface area contributed by atoms with Crippen molar-refractivity contribution in [1.29, 1.82) is 0 Å². The van der Waals surface area contributed by atoms with Crippen LogP contribution in [0.15, 0.2) is 42.2 Å². The van der Waals surface area contributed by atoms with Crippen LogP contribution < -0.4 is 0 Å². The first-order chi connectivity index (χ1) is 14.0. The van der Waals surface area contributed by atoms with E-state index in [4.69, 9.17) is 23.2 Å². The van der Waals surface area contributed by atoms with E-state index in [0.29, 0.717) is 40.3 Å². The van der Waals surface area contributed by atoms with Crippen LogP contribution in [-0.4, -0.2) is 10.9 Å². The Morgan fingerprint density at radius 3 is 2.28 bits per heavy atom. The summed E-state index contributed by atoms with van der Waals surface area (Å²) in [5.41, 5.74) is 4.23. The Morgan fingerprint density at radius 2 is 1.62 bits per heavy atom. The molecule has 3 aliphatic carbocycles. The second-order valence-corrected chi connectivity index (χ2v) is 9.23. The summed E-state index contributed by atoms with van der Waals surface area (Å²) < 4.78 is 0. The van der Waals surface area contributed by atoms with Crippen LogP contribution in [0.3, 0.4) is 0 Å². The fourth-order valence-corrected chi connectivity index (χ4v) is 5.37.